The van der Waals surface area contributed by atoms with Crippen molar-refractivity contribution in [3.63, 3.8) is 0 Å². The molecule has 1 fully saturated rings. The fourth-order valence-electron chi connectivity index (χ4n) is 4.46. The number of fused-ring (bicyclic) bond motifs is 1. The second-order valence-corrected chi connectivity index (χ2v) is 8.42. The zero-order valence-corrected chi connectivity index (χ0v) is 18.3. The first kappa shape index (κ1) is 21.7. The third-order valence-electron chi connectivity index (χ3n) is 6.17. The van der Waals surface area contributed by atoms with Gasteiger partial charge in [0.1, 0.15) is 0 Å². The predicted octanol–water partition coefficient (Wildman–Crippen LogP) is 4.03. The molecule has 1 saturated carbocycles. The third kappa shape index (κ3) is 4.15. The predicted molar refractivity (Wildman–Crippen MR) is 119 cm³/mol. The minimum absolute atomic E-state index is 0.0832. The molecule has 2 aliphatic rings. The maximum absolute atomic E-state index is 12.9. The number of amides is 3. The van der Waals surface area contributed by atoms with Gasteiger partial charge in [0, 0.05) is 11.7 Å². The van der Waals surface area contributed by atoms with Crippen LogP contribution >= 0.6 is 0 Å². The number of ether oxygens (including phenoxy) is 1. The molecule has 2 aromatic carbocycles. The van der Waals surface area contributed by atoms with Crippen molar-refractivity contribution in [3.8, 4) is 0 Å². The van der Waals surface area contributed by atoms with Crippen molar-refractivity contribution < 1.29 is 23.9 Å². The van der Waals surface area contributed by atoms with Crippen LogP contribution in [-0.2, 0) is 9.53 Å². The maximum Gasteiger partial charge on any atom is 0.338 e. The van der Waals surface area contributed by atoms with Gasteiger partial charge in [0.2, 0.25) is 0 Å². The van der Waals surface area contributed by atoms with Gasteiger partial charge >= 0.3 is 5.97 Å². The number of rotatable bonds is 5. The number of anilines is 1. The molecule has 0 saturated heterocycles. The van der Waals surface area contributed by atoms with Gasteiger partial charge in [0.15, 0.2) is 6.61 Å². The van der Waals surface area contributed by atoms with E-state index in [1.807, 2.05) is 32.0 Å². The van der Waals surface area contributed by atoms with Gasteiger partial charge in [-0.1, -0.05) is 37.5 Å². The van der Waals surface area contributed by atoms with E-state index in [1.165, 1.54) is 23.1 Å². The highest BCUT2D eigenvalue weighted by Gasteiger charge is 2.40. The Morgan fingerprint density at radius 1 is 0.969 bits per heavy atom. The maximum atomic E-state index is 12.9. The molecule has 7 nitrogen and oxygen atoms in total. The summed E-state index contributed by atoms with van der Waals surface area (Å²) in [5.41, 5.74) is 3.18. The van der Waals surface area contributed by atoms with E-state index in [-0.39, 0.29) is 29.0 Å². The van der Waals surface area contributed by atoms with E-state index in [0.717, 1.165) is 43.2 Å². The van der Waals surface area contributed by atoms with Gasteiger partial charge < -0.3 is 10.1 Å². The van der Waals surface area contributed by atoms with Crippen LogP contribution in [0.2, 0.25) is 0 Å². The summed E-state index contributed by atoms with van der Waals surface area (Å²) in [7, 11) is 0. The Kier molecular flexibility index (Phi) is 6.08. The molecule has 1 heterocycles. The van der Waals surface area contributed by atoms with Crippen LogP contribution in [0, 0.1) is 13.8 Å². The fourth-order valence-corrected chi connectivity index (χ4v) is 4.46. The summed E-state index contributed by atoms with van der Waals surface area (Å²) in [6.45, 7) is 3.31. The number of carbonyl (C=O) groups excluding carboxylic acids is 4. The van der Waals surface area contributed by atoms with E-state index >= 15 is 0 Å². The number of benzene rings is 2. The van der Waals surface area contributed by atoms with Crippen LogP contribution in [-0.4, -0.2) is 41.2 Å². The number of para-hydroxylation sites is 1. The summed E-state index contributed by atoms with van der Waals surface area (Å²) >= 11 is 0. The van der Waals surface area contributed by atoms with Crippen LogP contribution in [0.5, 0.6) is 0 Å². The molecule has 3 amide bonds. The fraction of sp³-hybridized carbons (Fsp3) is 0.360. The van der Waals surface area contributed by atoms with Crippen LogP contribution in [0.15, 0.2) is 36.4 Å². The van der Waals surface area contributed by atoms with Gasteiger partial charge in [0.05, 0.1) is 16.7 Å². The quantitative estimate of drug-likeness (QED) is 0.567. The van der Waals surface area contributed by atoms with Crippen molar-refractivity contribution in [3.05, 3.63) is 64.2 Å². The second kappa shape index (κ2) is 8.94. The molecule has 0 radical (unpaired) electrons. The van der Waals surface area contributed by atoms with Crippen molar-refractivity contribution in [1.82, 2.24) is 4.90 Å². The number of hydrogen-bond acceptors (Lipinski definition) is 5. The van der Waals surface area contributed by atoms with Crippen molar-refractivity contribution in [2.24, 2.45) is 0 Å². The molecule has 0 atom stereocenters. The molecule has 0 aromatic heterocycles. The van der Waals surface area contributed by atoms with Crippen LogP contribution in [0.4, 0.5) is 5.69 Å². The highest BCUT2D eigenvalue weighted by atomic mass is 16.5. The Hall–Kier alpha value is -3.48. The molecule has 0 unspecified atom stereocenters. The highest BCUT2D eigenvalue weighted by molar-refractivity contribution is 6.22. The molecular weight excluding hydrogens is 408 g/mol. The number of hydrogen-bond donors (Lipinski definition) is 1. The van der Waals surface area contributed by atoms with Crippen LogP contribution < -0.4 is 5.32 Å². The summed E-state index contributed by atoms with van der Waals surface area (Å²) in [6.07, 6.45) is 4.75. The Labute approximate surface area is 186 Å². The Morgan fingerprint density at radius 3 is 2.31 bits per heavy atom. The lowest BCUT2D eigenvalue weighted by molar-refractivity contribution is -0.119. The molecule has 4 rings (SSSR count). The van der Waals surface area contributed by atoms with E-state index < -0.39 is 18.5 Å². The standard InChI is InChI=1S/C25H26N2O5/c1-15-7-6-8-16(2)22(15)26-21(28)14-32-25(31)17-11-12-19-20(13-17)24(30)27(23(19)29)18-9-4-3-5-10-18/h6-8,11-13,18H,3-5,9-10,14H2,1-2H3,(H,26,28). The number of aryl methyl sites for hydroxylation is 2. The summed E-state index contributed by atoms with van der Waals surface area (Å²) in [5.74, 6) is -1.84. The zero-order valence-electron chi connectivity index (χ0n) is 18.3. The van der Waals surface area contributed by atoms with Crippen molar-refractivity contribution >= 4 is 29.4 Å². The molecule has 0 spiro atoms. The van der Waals surface area contributed by atoms with Crippen LogP contribution in [0.1, 0.15) is 74.3 Å². The lowest BCUT2D eigenvalue weighted by atomic mass is 9.94. The first-order valence-electron chi connectivity index (χ1n) is 10.9. The molecule has 0 bridgehead atoms. The monoisotopic (exact) mass is 434 g/mol. The topological polar surface area (TPSA) is 92.8 Å². The SMILES string of the molecule is Cc1cccc(C)c1NC(=O)COC(=O)c1ccc2c(c1)C(=O)N(C1CCCCC1)C2=O. The Morgan fingerprint density at radius 2 is 1.62 bits per heavy atom. The number of esters is 1. The summed E-state index contributed by atoms with van der Waals surface area (Å²) in [5, 5.41) is 2.76. The number of carbonyl (C=O) groups is 4. The second-order valence-electron chi connectivity index (χ2n) is 8.42. The molecule has 7 heteroatoms. The molecule has 32 heavy (non-hydrogen) atoms. The smallest absolute Gasteiger partial charge is 0.338 e. The lowest BCUT2D eigenvalue weighted by Crippen LogP contribution is -2.40. The molecule has 1 N–H and O–H groups in total. The minimum Gasteiger partial charge on any atom is -0.452 e. The van der Waals surface area contributed by atoms with Gasteiger partial charge in [0.25, 0.3) is 17.7 Å². The van der Waals surface area contributed by atoms with Crippen molar-refractivity contribution in [2.45, 2.75) is 52.0 Å². The van der Waals surface area contributed by atoms with E-state index in [0.29, 0.717) is 11.3 Å². The van der Waals surface area contributed by atoms with Gasteiger partial charge in [-0.25, -0.2) is 4.79 Å². The van der Waals surface area contributed by atoms with E-state index in [1.54, 1.807) is 0 Å². The average Bonchev–Trinajstić information content (AvgIpc) is 3.04. The van der Waals surface area contributed by atoms with E-state index in [4.69, 9.17) is 4.74 Å². The van der Waals surface area contributed by atoms with E-state index in [9.17, 15) is 19.2 Å². The lowest BCUT2D eigenvalue weighted by Gasteiger charge is -2.29. The van der Waals surface area contributed by atoms with Crippen LogP contribution in [0.25, 0.3) is 0 Å². The Bertz CT molecular complexity index is 1080. The molecule has 2 aromatic rings. The summed E-state index contributed by atoms with van der Waals surface area (Å²) in [6, 6.07) is 9.92. The van der Waals surface area contributed by atoms with Crippen molar-refractivity contribution in [1.29, 1.82) is 0 Å². The average molecular weight is 434 g/mol. The zero-order chi connectivity index (χ0) is 22.8. The number of nitrogens with one attached hydrogen (secondary N) is 1. The molecule has 1 aliphatic heterocycles. The van der Waals surface area contributed by atoms with Gasteiger partial charge in [-0.3, -0.25) is 19.3 Å². The molecule has 1 aliphatic carbocycles. The largest absolute Gasteiger partial charge is 0.452 e. The highest BCUT2D eigenvalue weighted by Crippen LogP contribution is 2.31. The molecule has 166 valence electrons. The Balaban J connectivity index is 1.42. The third-order valence-corrected chi connectivity index (χ3v) is 6.17. The van der Waals surface area contributed by atoms with E-state index in [2.05, 4.69) is 5.32 Å². The first-order valence-corrected chi connectivity index (χ1v) is 10.9. The van der Waals surface area contributed by atoms with Crippen molar-refractivity contribution in [2.75, 3.05) is 11.9 Å². The van der Waals surface area contributed by atoms with Gasteiger partial charge in [-0.15, -0.1) is 0 Å². The molecular formula is C25H26N2O5. The van der Waals surface area contributed by atoms with Crippen LogP contribution in [0.3, 0.4) is 0 Å². The number of imide groups is 1. The normalized spacial score (nSPS) is 16.1. The summed E-state index contributed by atoms with van der Waals surface area (Å²) < 4.78 is 5.15. The van der Waals surface area contributed by atoms with Gasteiger partial charge in [-0.2, -0.15) is 0 Å². The minimum atomic E-state index is -0.721. The number of nitrogens with zero attached hydrogens (tertiary/aromatic N) is 1. The van der Waals surface area contributed by atoms with Gasteiger partial charge in [-0.05, 0) is 56.0 Å². The summed E-state index contributed by atoms with van der Waals surface area (Å²) in [4.78, 5) is 51.8. The first-order chi connectivity index (χ1) is 15.4.